The van der Waals surface area contributed by atoms with Crippen molar-refractivity contribution in [3.05, 3.63) is 105 Å². The molecule has 0 aliphatic carbocycles. The summed E-state index contributed by atoms with van der Waals surface area (Å²) in [5.74, 6) is -0.478. The number of amides is 2. The number of hydrogen-bond donors (Lipinski definition) is 1. The molecule has 0 saturated carbocycles. The van der Waals surface area contributed by atoms with E-state index < -0.39 is 6.04 Å². The van der Waals surface area contributed by atoms with Gasteiger partial charge in [-0.05, 0) is 54.8 Å². The zero-order valence-corrected chi connectivity index (χ0v) is 21.4. The molecule has 34 heavy (non-hydrogen) atoms. The van der Waals surface area contributed by atoms with E-state index in [0.717, 1.165) is 11.1 Å². The molecule has 0 aliphatic heterocycles. The lowest BCUT2D eigenvalue weighted by Crippen LogP contribution is -2.52. The van der Waals surface area contributed by atoms with Crippen LogP contribution in [0.25, 0.3) is 0 Å². The predicted molar refractivity (Wildman–Crippen MR) is 139 cm³/mol. The first-order chi connectivity index (χ1) is 16.2. The number of benzene rings is 3. The van der Waals surface area contributed by atoms with Crippen molar-refractivity contribution in [2.75, 3.05) is 0 Å². The monoisotopic (exact) mass is 516 g/mol. The van der Waals surface area contributed by atoms with Gasteiger partial charge in [-0.25, -0.2) is 0 Å². The second-order valence-corrected chi connectivity index (χ2v) is 9.65. The number of nitrogens with zero attached hydrogens (tertiary/aromatic N) is 1. The van der Waals surface area contributed by atoms with Crippen LogP contribution in [-0.2, 0) is 29.0 Å². The molecule has 0 fully saturated rings. The van der Waals surface area contributed by atoms with Crippen LogP contribution in [-0.4, -0.2) is 28.8 Å². The molecular weight excluding hydrogens is 491 g/mol. The van der Waals surface area contributed by atoms with Crippen molar-refractivity contribution in [2.45, 2.75) is 45.3 Å². The van der Waals surface area contributed by atoms with Crippen molar-refractivity contribution < 1.29 is 9.59 Å². The molecule has 7 heteroatoms. The molecule has 1 atom stereocenters. The predicted octanol–water partition coefficient (Wildman–Crippen LogP) is 6.35. The Kier molecular flexibility index (Phi) is 9.40. The molecule has 0 heterocycles. The maximum absolute atomic E-state index is 13.7. The molecule has 0 aliphatic rings. The van der Waals surface area contributed by atoms with Gasteiger partial charge >= 0.3 is 0 Å². The molecule has 0 radical (unpaired) electrons. The molecule has 3 aromatic rings. The highest BCUT2D eigenvalue weighted by Crippen LogP contribution is 2.26. The molecule has 0 bridgehead atoms. The Morgan fingerprint density at radius 1 is 0.853 bits per heavy atom. The Morgan fingerprint density at radius 2 is 1.47 bits per heavy atom. The van der Waals surface area contributed by atoms with Gasteiger partial charge in [0, 0.05) is 34.1 Å². The fourth-order valence-electron chi connectivity index (χ4n) is 3.72. The van der Waals surface area contributed by atoms with Gasteiger partial charge in [0.05, 0.1) is 6.42 Å². The van der Waals surface area contributed by atoms with Crippen LogP contribution in [0.2, 0.25) is 15.1 Å². The van der Waals surface area contributed by atoms with Crippen LogP contribution in [0.4, 0.5) is 0 Å². The largest absolute Gasteiger partial charge is 0.352 e. The average molecular weight is 518 g/mol. The standard InChI is InChI=1S/C27H27Cl3N2O2/c1-18(2)31-27(34)25(15-19-8-4-3-5-9-19)32(17-20-10-6-11-21(28)14-20)26(33)16-22-23(29)12-7-13-24(22)30/h3-14,18,25H,15-17H2,1-2H3,(H,31,34)/t25-/m0/s1. The first-order valence-corrected chi connectivity index (χ1v) is 12.2. The van der Waals surface area contributed by atoms with Crippen LogP contribution < -0.4 is 5.32 Å². The fraction of sp³-hybridized carbons (Fsp3) is 0.259. The molecule has 3 aromatic carbocycles. The highest BCUT2D eigenvalue weighted by molar-refractivity contribution is 6.36. The van der Waals surface area contributed by atoms with Gasteiger partial charge in [0.2, 0.25) is 11.8 Å². The third kappa shape index (κ3) is 7.23. The molecule has 0 saturated heterocycles. The van der Waals surface area contributed by atoms with E-state index in [9.17, 15) is 9.59 Å². The van der Waals surface area contributed by atoms with Crippen molar-refractivity contribution in [3.63, 3.8) is 0 Å². The van der Waals surface area contributed by atoms with E-state index in [4.69, 9.17) is 34.8 Å². The lowest BCUT2D eigenvalue weighted by Gasteiger charge is -2.32. The molecule has 1 N–H and O–H groups in total. The second kappa shape index (κ2) is 12.3. The molecule has 0 unspecified atom stereocenters. The van der Waals surface area contributed by atoms with Crippen molar-refractivity contribution in [3.8, 4) is 0 Å². The maximum atomic E-state index is 13.7. The van der Waals surface area contributed by atoms with E-state index in [-0.39, 0.29) is 30.8 Å². The number of nitrogens with one attached hydrogen (secondary N) is 1. The Hall–Kier alpha value is -2.53. The van der Waals surface area contributed by atoms with Gasteiger partial charge in [0.1, 0.15) is 6.04 Å². The van der Waals surface area contributed by atoms with E-state index in [1.165, 1.54) is 0 Å². The van der Waals surface area contributed by atoms with Crippen LogP contribution in [0.3, 0.4) is 0 Å². The molecule has 2 amide bonds. The van der Waals surface area contributed by atoms with Crippen LogP contribution >= 0.6 is 34.8 Å². The molecule has 178 valence electrons. The summed E-state index contributed by atoms with van der Waals surface area (Å²) in [7, 11) is 0. The van der Waals surface area contributed by atoms with E-state index in [1.807, 2.05) is 56.3 Å². The van der Waals surface area contributed by atoms with Crippen molar-refractivity contribution >= 4 is 46.6 Å². The molecule has 3 rings (SSSR count). The number of carbonyl (C=O) groups excluding carboxylic acids is 2. The molecular formula is C27H27Cl3N2O2. The number of halogens is 3. The lowest BCUT2D eigenvalue weighted by molar-refractivity contribution is -0.141. The number of hydrogen-bond acceptors (Lipinski definition) is 2. The van der Waals surface area contributed by atoms with Gasteiger partial charge in [-0.1, -0.05) is 83.3 Å². The topological polar surface area (TPSA) is 49.4 Å². The van der Waals surface area contributed by atoms with Crippen molar-refractivity contribution in [1.29, 1.82) is 0 Å². The molecule has 0 spiro atoms. The second-order valence-electron chi connectivity index (χ2n) is 8.40. The summed E-state index contributed by atoms with van der Waals surface area (Å²) in [5, 5.41) is 4.36. The van der Waals surface area contributed by atoms with E-state index >= 15 is 0 Å². The van der Waals surface area contributed by atoms with Crippen LogP contribution in [0.15, 0.2) is 72.8 Å². The minimum Gasteiger partial charge on any atom is -0.352 e. The van der Waals surface area contributed by atoms with Gasteiger partial charge in [-0.3, -0.25) is 9.59 Å². The summed E-state index contributed by atoms with van der Waals surface area (Å²) in [6, 6.07) is 21.2. The van der Waals surface area contributed by atoms with Gasteiger partial charge in [0.25, 0.3) is 0 Å². The first-order valence-electron chi connectivity index (χ1n) is 11.1. The van der Waals surface area contributed by atoms with Crippen LogP contribution in [0, 0.1) is 0 Å². The Bertz CT molecular complexity index is 1120. The van der Waals surface area contributed by atoms with Crippen LogP contribution in [0.1, 0.15) is 30.5 Å². The average Bonchev–Trinajstić information content (AvgIpc) is 2.79. The summed E-state index contributed by atoms with van der Waals surface area (Å²) in [6.07, 6.45) is 0.335. The van der Waals surface area contributed by atoms with Gasteiger partial charge in [-0.2, -0.15) is 0 Å². The van der Waals surface area contributed by atoms with Gasteiger partial charge < -0.3 is 10.2 Å². The Labute approximate surface area is 215 Å². The highest BCUT2D eigenvalue weighted by atomic mass is 35.5. The van der Waals surface area contributed by atoms with Crippen molar-refractivity contribution in [2.24, 2.45) is 0 Å². The highest BCUT2D eigenvalue weighted by Gasteiger charge is 2.31. The van der Waals surface area contributed by atoms with E-state index in [0.29, 0.717) is 27.1 Å². The normalized spacial score (nSPS) is 11.8. The number of rotatable bonds is 9. The first kappa shape index (κ1) is 26.1. The Morgan fingerprint density at radius 3 is 2.09 bits per heavy atom. The minimum atomic E-state index is -0.738. The molecule has 0 aromatic heterocycles. The zero-order chi connectivity index (χ0) is 24.7. The number of carbonyl (C=O) groups is 2. The molecule has 4 nitrogen and oxygen atoms in total. The quantitative estimate of drug-likeness (QED) is 0.359. The Balaban J connectivity index is 2.01. The third-order valence-corrected chi connectivity index (χ3v) is 6.28. The summed E-state index contributed by atoms with van der Waals surface area (Å²) >= 11 is 18.9. The summed E-state index contributed by atoms with van der Waals surface area (Å²) < 4.78 is 0. The van der Waals surface area contributed by atoms with E-state index in [1.54, 1.807) is 35.2 Å². The minimum absolute atomic E-state index is 0.0285. The zero-order valence-electron chi connectivity index (χ0n) is 19.1. The van der Waals surface area contributed by atoms with Crippen molar-refractivity contribution in [1.82, 2.24) is 10.2 Å². The SMILES string of the molecule is CC(C)NC(=O)[C@H](Cc1ccccc1)N(Cc1cccc(Cl)c1)C(=O)Cc1c(Cl)cccc1Cl. The summed E-state index contributed by atoms with van der Waals surface area (Å²) in [5.41, 5.74) is 2.31. The van der Waals surface area contributed by atoms with E-state index in [2.05, 4.69) is 5.32 Å². The summed E-state index contributed by atoms with van der Waals surface area (Å²) in [4.78, 5) is 28.7. The summed E-state index contributed by atoms with van der Waals surface area (Å²) in [6.45, 7) is 4.00. The smallest absolute Gasteiger partial charge is 0.243 e. The lowest BCUT2D eigenvalue weighted by atomic mass is 10.0. The van der Waals surface area contributed by atoms with Crippen LogP contribution in [0.5, 0.6) is 0 Å². The third-order valence-electron chi connectivity index (χ3n) is 5.33. The fourth-order valence-corrected chi connectivity index (χ4v) is 4.46. The van der Waals surface area contributed by atoms with Gasteiger partial charge in [0.15, 0.2) is 0 Å². The van der Waals surface area contributed by atoms with Gasteiger partial charge in [-0.15, -0.1) is 0 Å². The maximum Gasteiger partial charge on any atom is 0.243 e.